The van der Waals surface area contributed by atoms with Gasteiger partial charge in [-0.15, -0.1) is 21.5 Å². The lowest BCUT2D eigenvalue weighted by molar-refractivity contribution is 0.416. The summed E-state index contributed by atoms with van der Waals surface area (Å²) >= 11 is 15.7. The molecule has 0 N–H and O–H groups in total. The molecule has 0 fully saturated rings. The monoisotopic (exact) mass is 476 g/mol. The average molecular weight is 477 g/mol. The van der Waals surface area contributed by atoms with Gasteiger partial charge in [-0.3, -0.25) is 0 Å². The molecule has 0 radical (unpaired) electrons. The maximum Gasteiger partial charge on any atom is 0.191 e. The molecule has 0 saturated heterocycles. The molecule has 2 heterocycles. The second kappa shape index (κ2) is 9.39. The van der Waals surface area contributed by atoms with Gasteiger partial charge in [-0.05, 0) is 31.2 Å². The highest BCUT2D eigenvalue weighted by atomic mass is 35.5. The fourth-order valence-corrected chi connectivity index (χ4v) is 5.32. The van der Waals surface area contributed by atoms with Crippen molar-refractivity contribution in [3.63, 3.8) is 0 Å². The molecule has 2 aromatic heterocycles. The van der Waals surface area contributed by atoms with Crippen molar-refractivity contribution in [1.29, 1.82) is 0 Å². The third-order valence-corrected chi connectivity index (χ3v) is 6.93. The molecule has 30 heavy (non-hydrogen) atoms. The maximum atomic E-state index is 6.30. The van der Waals surface area contributed by atoms with Crippen molar-refractivity contribution in [1.82, 2.24) is 19.7 Å². The third kappa shape index (κ3) is 4.34. The molecule has 5 nitrogen and oxygen atoms in total. The van der Waals surface area contributed by atoms with Crippen molar-refractivity contribution < 1.29 is 4.74 Å². The Labute approximate surface area is 193 Å². The molecule has 2 aromatic carbocycles. The molecule has 0 aliphatic carbocycles. The van der Waals surface area contributed by atoms with E-state index in [0.29, 0.717) is 21.5 Å². The Morgan fingerprint density at radius 2 is 1.93 bits per heavy atom. The first kappa shape index (κ1) is 21.2. The van der Waals surface area contributed by atoms with Gasteiger partial charge in [-0.1, -0.05) is 53.2 Å². The van der Waals surface area contributed by atoms with Crippen molar-refractivity contribution in [3.05, 3.63) is 63.6 Å². The number of thiazole rings is 1. The molecular weight excluding hydrogens is 459 g/mol. The second-order valence-electron chi connectivity index (χ2n) is 6.31. The molecule has 4 aromatic rings. The standard InChI is InChI=1S/C21H18Cl2N4OS2/c1-3-27-19(16-10-13(22)8-9-18(16)28-2)25-26-21(27)30-12-14-11-29-20(24-14)15-6-4-5-7-17(15)23/h4-11H,3,12H2,1-2H3. The Morgan fingerprint density at radius 1 is 1.10 bits per heavy atom. The highest BCUT2D eigenvalue weighted by molar-refractivity contribution is 7.98. The van der Waals surface area contributed by atoms with Crippen LogP contribution in [0.2, 0.25) is 10.0 Å². The molecule has 0 aliphatic heterocycles. The highest BCUT2D eigenvalue weighted by Gasteiger charge is 2.18. The summed E-state index contributed by atoms with van der Waals surface area (Å²) in [6, 6.07) is 13.2. The number of thioether (sulfide) groups is 1. The Kier molecular flexibility index (Phi) is 6.63. The summed E-state index contributed by atoms with van der Waals surface area (Å²) in [4.78, 5) is 4.73. The zero-order valence-electron chi connectivity index (χ0n) is 16.3. The number of ether oxygens (including phenoxy) is 1. The molecule has 9 heteroatoms. The van der Waals surface area contributed by atoms with Crippen LogP contribution in [-0.2, 0) is 12.3 Å². The summed E-state index contributed by atoms with van der Waals surface area (Å²) in [5.41, 5.74) is 2.75. The van der Waals surface area contributed by atoms with Crippen LogP contribution in [0.15, 0.2) is 53.0 Å². The lowest BCUT2D eigenvalue weighted by atomic mass is 10.2. The van der Waals surface area contributed by atoms with Gasteiger partial charge < -0.3 is 9.30 Å². The van der Waals surface area contributed by atoms with Crippen LogP contribution >= 0.6 is 46.3 Å². The number of methoxy groups -OCH3 is 1. The van der Waals surface area contributed by atoms with Gasteiger partial charge in [-0.25, -0.2) is 4.98 Å². The predicted octanol–water partition coefficient (Wildman–Crippen LogP) is 6.70. The van der Waals surface area contributed by atoms with Crippen LogP contribution < -0.4 is 4.74 Å². The van der Waals surface area contributed by atoms with Crippen molar-refractivity contribution in [2.75, 3.05) is 7.11 Å². The van der Waals surface area contributed by atoms with Gasteiger partial charge in [0.25, 0.3) is 0 Å². The van der Waals surface area contributed by atoms with Gasteiger partial charge in [0.05, 0.1) is 23.4 Å². The fraction of sp³-hybridized carbons (Fsp3) is 0.190. The smallest absolute Gasteiger partial charge is 0.191 e. The molecule has 154 valence electrons. The minimum Gasteiger partial charge on any atom is -0.496 e. The van der Waals surface area contributed by atoms with Gasteiger partial charge in [0.1, 0.15) is 10.8 Å². The minimum absolute atomic E-state index is 0.625. The molecule has 0 unspecified atom stereocenters. The average Bonchev–Trinajstić information content (AvgIpc) is 3.39. The maximum absolute atomic E-state index is 6.30. The first-order valence-electron chi connectivity index (χ1n) is 9.20. The van der Waals surface area contributed by atoms with E-state index in [1.165, 1.54) is 0 Å². The Morgan fingerprint density at radius 3 is 2.70 bits per heavy atom. The van der Waals surface area contributed by atoms with Gasteiger partial charge in [0.15, 0.2) is 11.0 Å². The summed E-state index contributed by atoms with van der Waals surface area (Å²) in [7, 11) is 1.63. The number of aromatic nitrogens is 4. The summed E-state index contributed by atoms with van der Waals surface area (Å²) in [6.07, 6.45) is 0. The van der Waals surface area contributed by atoms with Crippen LogP contribution in [0.1, 0.15) is 12.6 Å². The third-order valence-electron chi connectivity index (χ3n) is 4.44. The largest absolute Gasteiger partial charge is 0.496 e. The van der Waals surface area contributed by atoms with E-state index < -0.39 is 0 Å². The van der Waals surface area contributed by atoms with E-state index in [9.17, 15) is 0 Å². The number of hydrogen-bond acceptors (Lipinski definition) is 6. The van der Waals surface area contributed by atoms with E-state index in [-0.39, 0.29) is 0 Å². The summed E-state index contributed by atoms with van der Waals surface area (Å²) in [5, 5.41) is 13.9. The summed E-state index contributed by atoms with van der Waals surface area (Å²) < 4.78 is 7.54. The fourth-order valence-electron chi connectivity index (χ4n) is 3.00. The van der Waals surface area contributed by atoms with E-state index in [0.717, 1.165) is 39.4 Å². The van der Waals surface area contributed by atoms with Crippen LogP contribution in [0.3, 0.4) is 0 Å². The Balaban J connectivity index is 1.56. The van der Waals surface area contributed by atoms with Crippen molar-refractivity contribution in [2.24, 2.45) is 0 Å². The zero-order valence-corrected chi connectivity index (χ0v) is 19.4. The van der Waals surface area contributed by atoms with Crippen LogP contribution in [-0.4, -0.2) is 26.9 Å². The number of halogens is 2. The van der Waals surface area contributed by atoms with Crippen LogP contribution in [0, 0.1) is 0 Å². The second-order valence-corrected chi connectivity index (χ2v) is 8.95. The molecule has 0 saturated carbocycles. The van der Waals surface area contributed by atoms with Gasteiger partial charge in [0, 0.05) is 28.3 Å². The minimum atomic E-state index is 0.625. The first-order chi connectivity index (χ1) is 14.6. The van der Waals surface area contributed by atoms with Crippen LogP contribution in [0.4, 0.5) is 0 Å². The van der Waals surface area contributed by atoms with E-state index in [4.69, 9.17) is 32.9 Å². The van der Waals surface area contributed by atoms with E-state index in [1.54, 1.807) is 36.3 Å². The molecular formula is C21H18Cl2N4OS2. The SMILES string of the molecule is CCn1c(SCc2csc(-c3ccccc3Cl)n2)nnc1-c1cc(Cl)ccc1OC. The van der Waals surface area contributed by atoms with Gasteiger partial charge in [-0.2, -0.15) is 0 Å². The van der Waals surface area contributed by atoms with Crippen molar-refractivity contribution in [2.45, 2.75) is 24.4 Å². The topological polar surface area (TPSA) is 52.8 Å². The highest BCUT2D eigenvalue weighted by Crippen LogP contribution is 2.35. The Hall–Kier alpha value is -2.06. The number of rotatable bonds is 7. The quantitative estimate of drug-likeness (QED) is 0.278. The number of benzene rings is 2. The van der Waals surface area contributed by atoms with E-state index >= 15 is 0 Å². The molecule has 0 amide bonds. The normalized spacial score (nSPS) is 11.1. The van der Waals surface area contributed by atoms with Gasteiger partial charge in [0.2, 0.25) is 0 Å². The summed E-state index contributed by atoms with van der Waals surface area (Å²) in [6.45, 7) is 2.79. The van der Waals surface area contributed by atoms with E-state index in [2.05, 4.69) is 27.1 Å². The predicted molar refractivity (Wildman–Crippen MR) is 125 cm³/mol. The molecule has 0 spiro atoms. The van der Waals surface area contributed by atoms with Crippen LogP contribution in [0.25, 0.3) is 22.0 Å². The van der Waals surface area contributed by atoms with Crippen molar-refractivity contribution >= 4 is 46.3 Å². The number of hydrogen-bond donors (Lipinski definition) is 0. The molecule has 0 bridgehead atoms. The summed E-state index contributed by atoms with van der Waals surface area (Å²) in [5.74, 6) is 2.13. The van der Waals surface area contributed by atoms with Crippen LogP contribution in [0.5, 0.6) is 5.75 Å². The Bertz CT molecular complexity index is 1180. The molecule has 0 atom stereocenters. The first-order valence-corrected chi connectivity index (χ1v) is 11.8. The lowest BCUT2D eigenvalue weighted by Gasteiger charge is -2.10. The number of nitrogens with zero attached hydrogens (tertiary/aromatic N) is 4. The molecule has 0 aliphatic rings. The molecule has 4 rings (SSSR count). The van der Waals surface area contributed by atoms with Crippen molar-refractivity contribution in [3.8, 4) is 27.7 Å². The van der Waals surface area contributed by atoms with E-state index in [1.807, 2.05) is 36.4 Å². The lowest BCUT2D eigenvalue weighted by Crippen LogP contribution is -2.01. The zero-order chi connectivity index (χ0) is 21.1. The van der Waals surface area contributed by atoms with Gasteiger partial charge >= 0.3 is 0 Å².